The highest BCUT2D eigenvalue weighted by Gasteiger charge is 2.32. The third-order valence-electron chi connectivity index (χ3n) is 2.64. The van der Waals surface area contributed by atoms with E-state index in [9.17, 15) is 18.4 Å². The van der Waals surface area contributed by atoms with Gasteiger partial charge in [-0.2, -0.15) is 0 Å². The van der Waals surface area contributed by atoms with Gasteiger partial charge in [0.25, 0.3) is 0 Å². The van der Waals surface area contributed by atoms with Crippen LogP contribution in [0.3, 0.4) is 0 Å². The van der Waals surface area contributed by atoms with Gasteiger partial charge >= 0.3 is 5.97 Å². The third kappa shape index (κ3) is 3.84. The van der Waals surface area contributed by atoms with Gasteiger partial charge in [0, 0.05) is 11.6 Å². The van der Waals surface area contributed by atoms with Crippen LogP contribution in [0, 0.1) is 23.5 Å². The molecule has 0 spiro atoms. The van der Waals surface area contributed by atoms with E-state index in [4.69, 9.17) is 4.74 Å². The van der Waals surface area contributed by atoms with Crippen molar-refractivity contribution in [2.24, 2.45) is 11.8 Å². The van der Waals surface area contributed by atoms with E-state index < -0.39 is 29.3 Å². The smallest absolute Gasteiger partial charge is 0.317 e. The number of ketones is 1. The summed E-state index contributed by atoms with van der Waals surface area (Å²) in [5.74, 6) is -4.39. The average molecular weight is 270 g/mol. The molecule has 1 aromatic carbocycles. The molecule has 1 rings (SSSR count). The van der Waals surface area contributed by atoms with Crippen LogP contribution < -0.4 is 0 Å². The van der Waals surface area contributed by atoms with Crippen LogP contribution in [0.15, 0.2) is 18.2 Å². The highest BCUT2D eigenvalue weighted by Crippen LogP contribution is 2.20. The van der Waals surface area contributed by atoms with Crippen LogP contribution in [0.25, 0.3) is 0 Å². The number of ether oxygens (including phenoxy) is 1. The van der Waals surface area contributed by atoms with E-state index in [-0.39, 0.29) is 18.1 Å². The van der Waals surface area contributed by atoms with Crippen LogP contribution in [0.4, 0.5) is 8.78 Å². The first-order chi connectivity index (χ1) is 8.86. The normalized spacial score (nSPS) is 12.3. The van der Waals surface area contributed by atoms with Crippen molar-refractivity contribution >= 4 is 11.8 Å². The second-order valence-corrected chi connectivity index (χ2v) is 4.50. The lowest BCUT2D eigenvalue weighted by Crippen LogP contribution is -2.31. The van der Waals surface area contributed by atoms with E-state index >= 15 is 0 Å². The molecule has 0 aliphatic heterocycles. The largest absolute Gasteiger partial charge is 0.465 e. The molecule has 0 aliphatic rings. The summed E-state index contributed by atoms with van der Waals surface area (Å²) in [5.41, 5.74) is -0.163. The average Bonchev–Trinajstić information content (AvgIpc) is 2.27. The molecule has 0 amide bonds. The van der Waals surface area contributed by atoms with Gasteiger partial charge in [0.05, 0.1) is 6.61 Å². The monoisotopic (exact) mass is 270 g/mol. The molecule has 0 saturated carbocycles. The van der Waals surface area contributed by atoms with Crippen LogP contribution in [-0.4, -0.2) is 18.4 Å². The molecule has 19 heavy (non-hydrogen) atoms. The van der Waals surface area contributed by atoms with Crippen molar-refractivity contribution in [2.45, 2.75) is 20.8 Å². The van der Waals surface area contributed by atoms with Crippen molar-refractivity contribution in [3.05, 3.63) is 35.4 Å². The van der Waals surface area contributed by atoms with Crippen molar-refractivity contribution < 1.29 is 23.1 Å². The van der Waals surface area contributed by atoms with Crippen molar-refractivity contribution in [3.8, 4) is 0 Å². The second kappa shape index (κ2) is 6.41. The highest BCUT2D eigenvalue weighted by molar-refractivity contribution is 6.08. The Labute approximate surface area is 110 Å². The van der Waals surface area contributed by atoms with Crippen molar-refractivity contribution in [1.82, 2.24) is 0 Å². The third-order valence-corrected chi connectivity index (χ3v) is 2.64. The number of esters is 1. The first-order valence-corrected chi connectivity index (χ1v) is 6.03. The van der Waals surface area contributed by atoms with E-state index in [1.165, 1.54) is 0 Å². The molecule has 104 valence electrons. The van der Waals surface area contributed by atoms with Gasteiger partial charge in [-0.15, -0.1) is 0 Å². The van der Waals surface area contributed by atoms with Crippen LogP contribution in [0.5, 0.6) is 0 Å². The zero-order valence-corrected chi connectivity index (χ0v) is 11.1. The Hall–Kier alpha value is -1.78. The summed E-state index contributed by atoms with van der Waals surface area (Å²) in [6.07, 6.45) is 0. The van der Waals surface area contributed by atoms with Gasteiger partial charge in [-0.1, -0.05) is 13.8 Å². The summed E-state index contributed by atoms with van der Waals surface area (Å²) in [7, 11) is 0. The van der Waals surface area contributed by atoms with Crippen LogP contribution in [0.1, 0.15) is 31.1 Å². The molecule has 3 nitrogen and oxygen atoms in total. The van der Waals surface area contributed by atoms with Gasteiger partial charge in [-0.05, 0) is 25.0 Å². The fourth-order valence-corrected chi connectivity index (χ4v) is 1.79. The van der Waals surface area contributed by atoms with E-state index in [1.807, 2.05) is 0 Å². The maximum Gasteiger partial charge on any atom is 0.317 e. The number of benzene rings is 1. The molecule has 0 heterocycles. The fraction of sp³-hybridized carbons (Fsp3) is 0.429. The summed E-state index contributed by atoms with van der Waals surface area (Å²) in [6, 6.07) is 2.51. The van der Waals surface area contributed by atoms with Gasteiger partial charge in [-0.3, -0.25) is 9.59 Å². The molecule has 1 unspecified atom stereocenters. The predicted molar refractivity (Wildman–Crippen MR) is 65.6 cm³/mol. The molecule has 0 saturated heterocycles. The first-order valence-electron chi connectivity index (χ1n) is 6.03. The minimum absolute atomic E-state index is 0.146. The minimum atomic E-state index is -1.05. The Balaban J connectivity index is 3.09. The number of rotatable bonds is 5. The maximum atomic E-state index is 13.1. The second-order valence-electron chi connectivity index (χ2n) is 4.50. The predicted octanol–water partition coefficient (Wildman–Crippen LogP) is 2.98. The first kappa shape index (κ1) is 15.3. The number of halogens is 2. The lowest BCUT2D eigenvalue weighted by Gasteiger charge is -2.18. The van der Waals surface area contributed by atoms with Gasteiger partial charge in [0.15, 0.2) is 5.78 Å². The Morgan fingerprint density at radius 2 is 1.68 bits per heavy atom. The van der Waals surface area contributed by atoms with E-state index in [0.717, 1.165) is 12.1 Å². The molecule has 0 bridgehead atoms. The zero-order valence-electron chi connectivity index (χ0n) is 11.1. The number of carbonyl (C=O) groups excluding carboxylic acids is 2. The Bertz CT molecular complexity index is 463. The Morgan fingerprint density at radius 3 is 2.11 bits per heavy atom. The molecule has 0 fully saturated rings. The van der Waals surface area contributed by atoms with E-state index in [1.54, 1.807) is 20.8 Å². The van der Waals surface area contributed by atoms with Crippen molar-refractivity contribution in [3.63, 3.8) is 0 Å². The van der Waals surface area contributed by atoms with Crippen LogP contribution in [-0.2, 0) is 9.53 Å². The van der Waals surface area contributed by atoms with Crippen LogP contribution in [0.2, 0.25) is 0 Å². The molecule has 0 aromatic heterocycles. The summed E-state index contributed by atoms with van der Waals surface area (Å²) in [4.78, 5) is 23.9. The number of hydrogen-bond donors (Lipinski definition) is 0. The number of carbonyl (C=O) groups is 2. The van der Waals surface area contributed by atoms with E-state index in [0.29, 0.717) is 6.07 Å². The molecule has 5 heteroatoms. The maximum absolute atomic E-state index is 13.1. The van der Waals surface area contributed by atoms with Gasteiger partial charge in [-0.25, -0.2) is 8.78 Å². The molecule has 1 aromatic rings. The number of Topliss-reactive ketones (excluding diaryl/α,β-unsaturated/α-hetero) is 1. The topological polar surface area (TPSA) is 43.4 Å². The Kier molecular flexibility index (Phi) is 5.15. The van der Waals surface area contributed by atoms with Gasteiger partial charge in [0.1, 0.15) is 17.6 Å². The number of hydrogen-bond acceptors (Lipinski definition) is 3. The molecular formula is C14H16F2O3. The summed E-state index contributed by atoms with van der Waals surface area (Å²) < 4.78 is 31.0. The Morgan fingerprint density at radius 1 is 1.16 bits per heavy atom. The lowest BCUT2D eigenvalue weighted by atomic mass is 9.88. The van der Waals surface area contributed by atoms with Crippen molar-refractivity contribution in [2.75, 3.05) is 6.61 Å². The van der Waals surface area contributed by atoms with Crippen LogP contribution >= 0.6 is 0 Å². The molecule has 0 radical (unpaired) electrons. The molecular weight excluding hydrogens is 254 g/mol. The molecule has 0 aliphatic carbocycles. The highest BCUT2D eigenvalue weighted by atomic mass is 19.1. The summed E-state index contributed by atoms with van der Waals surface area (Å²) in [6.45, 7) is 5.12. The molecule has 0 N–H and O–H groups in total. The standard InChI is InChI=1S/C14H16F2O3/c1-4-19-14(18)12(8(2)3)13(17)9-5-10(15)7-11(16)6-9/h5-8,12H,4H2,1-3H3. The van der Waals surface area contributed by atoms with E-state index in [2.05, 4.69) is 0 Å². The lowest BCUT2D eigenvalue weighted by molar-refractivity contribution is -0.147. The molecule has 1 atom stereocenters. The SMILES string of the molecule is CCOC(=O)C(C(=O)c1cc(F)cc(F)c1)C(C)C. The minimum Gasteiger partial charge on any atom is -0.465 e. The van der Waals surface area contributed by atoms with Crippen molar-refractivity contribution in [1.29, 1.82) is 0 Å². The van der Waals surface area contributed by atoms with Gasteiger partial charge in [0.2, 0.25) is 0 Å². The zero-order chi connectivity index (χ0) is 14.6. The summed E-state index contributed by atoms with van der Waals surface area (Å²) >= 11 is 0. The quantitative estimate of drug-likeness (QED) is 0.469. The summed E-state index contributed by atoms with van der Waals surface area (Å²) in [5, 5.41) is 0. The fourth-order valence-electron chi connectivity index (χ4n) is 1.79. The van der Waals surface area contributed by atoms with Gasteiger partial charge < -0.3 is 4.74 Å².